The second-order valence-electron chi connectivity index (χ2n) is 5.20. The van der Waals surface area contributed by atoms with Crippen molar-refractivity contribution in [3.8, 4) is 0 Å². The lowest BCUT2D eigenvalue weighted by molar-refractivity contribution is -0.384. The number of nitrogens with zero attached hydrogens (tertiary/aromatic N) is 3. The molecule has 1 heterocycles. The highest BCUT2D eigenvalue weighted by atomic mass is 79.9. The molecule has 0 aliphatic heterocycles. The molecule has 6 heteroatoms. The predicted octanol–water partition coefficient (Wildman–Crippen LogP) is 4.19. The maximum atomic E-state index is 10.9. The van der Waals surface area contributed by atoms with Gasteiger partial charge in [-0.3, -0.25) is 10.1 Å². The first kappa shape index (κ1) is 15.4. The summed E-state index contributed by atoms with van der Waals surface area (Å²) in [5, 5.41) is 10.9. The van der Waals surface area contributed by atoms with Crippen LogP contribution in [0.4, 0.5) is 5.69 Å². The molecule has 23 heavy (non-hydrogen) atoms. The molecular weight excluding hydrogens is 358 g/mol. The van der Waals surface area contributed by atoms with Crippen molar-refractivity contribution in [3.63, 3.8) is 0 Å². The van der Waals surface area contributed by atoms with Crippen molar-refractivity contribution in [2.45, 2.75) is 13.0 Å². The third-order valence-corrected chi connectivity index (χ3v) is 4.08. The fourth-order valence-electron chi connectivity index (χ4n) is 2.40. The van der Waals surface area contributed by atoms with E-state index in [0.717, 1.165) is 22.4 Å². The van der Waals surface area contributed by atoms with Gasteiger partial charge >= 0.3 is 0 Å². The number of hydrogen-bond acceptors (Lipinski definition) is 3. The standard InChI is InChI=1S/C17H14BrN3O2/c18-15-6-4-13(5-7-15)12-20-9-8-19-17(20)11-14-2-1-3-16(10-14)21(22)23/h1-10H,11-12H2. The minimum absolute atomic E-state index is 0.105. The fraction of sp³-hybridized carbons (Fsp3) is 0.118. The Balaban J connectivity index is 1.79. The van der Waals surface area contributed by atoms with Gasteiger partial charge in [0.15, 0.2) is 0 Å². The highest BCUT2D eigenvalue weighted by Gasteiger charge is 2.09. The summed E-state index contributed by atoms with van der Waals surface area (Å²) in [6, 6.07) is 14.8. The summed E-state index contributed by atoms with van der Waals surface area (Å²) in [7, 11) is 0. The molecule has 0 fully saturated rings. The average molecular weight is 372 g/mol. The van der Waals surface area contributed by atoms with Gasteiger partial charge in [-0.1, -0.05) is 40.2 Å². The van der Waals surface area contributed by atoms with E-state index in [0.29, 0.717) is 6.42 Å². The van der Waals surface area contributed by atoms with Crippen LogP contribution in [0, 0.1) is 10.1 Å². The van der Waals surface area contributed by atoms with E-state index in [1.165, 1.54) is 11.6 Å². The zero-order chi connectivity index (χ0) is 16.2. The van der Waals surface area contributed by atoms with E-state index in [1.54, 1.807) is 18.3 Å². The lowest BCUT2D eigenvalue weighted by Gasteiger charge is -2.08. The summed E-state index contributed by atoms with van der Waals surface area (Å²) in [6.07, 6.45) is 4.24. The zero-order valence-corrected chi connectivity index (χ0v) is 13.8. The van der Waals surface area contributed by atoms with Crippen LogP contribution in [-0.4, -0.2) is 14.5 Å². The molecule has 0 unspecified atom stereocenters. The molecule has 0 spiro atoms. The van der Waals surface area contributed by atoms with Crippen LogP contribution in [0.5, 0.6) is 0 Å². The number of aromatic nitrogens is 2. The van der Waals surface area contributed by atoms with Gasteiger partial charge in [-0.05, 0) is 23.3 Å². The summed E-state index contributed by atoms with van der Waals surface area (Å²) < 4.78 is 3.10. The van der Waals surface area contributed by atoms with E-state index in [9.17, 15) is 10.1 Å². The Morgan fingerprint density at radius 3 is 2.65 bits per heavy atom. The molecule has 0 atom stereocenters. The first-order valence-corrected chi connectivity index (χ1v) is 7.89. The van der Waals surface area contributed by atoms with Crippen LogP contribution in [0.25, 0.3) is 0 Å². The number of hydrogen-bond donors (Lipinski definition) is 0. The summed E-state index contributed by atoms with van der Waals surface area (Å²) in [6.45, 7) is 0.720. The number of benzene rings is 2. The Kier molecular flexibility index (Phi) is 4.52. The van der Waals surface area contributed by atoms with Gasteiger partial charge in [0.2, 0.25) is 0 Å². The van der Waals surface area contributed by atoms with E-state index < -0.39 is 0 Å². The van der Waals surface area contributed by atoms with Crippen LogP contribution >= 0.6 is 15.9 Å². The van der Waals surface area contributed by atoms with Crippen molar-refractivity contribution in [2.75, 3.05) is 0 Å². The maximum absolute atomic E-state index is 10.9. The highest BCUT2D eigenvalue weighted by molar-refractivity contribution is 9.10. The number of imidazole rings is 1. The second-order valence-corrected chi connectivity index (χ2v) is 6.12. The molecule has 0 bridgehead atoms. The Labute approximate surface area is 141 Å². The molecular formula is C17H14BrN3O2. The largest absolute Gasteiger partial charge is 0.330 e. The molecule has 0 amide bonds. The lowest BCUT2D eigenvalue weighted by atomic mass is 10.1. The monoisotopic (exact) mass is 371 g/mol. The number of halogens is 1. The van der Waals surface area contributed by atoms with Crippen molar-refractivity contribution in [3.05, 3.63) is 92.5 Å². The Bertz CT molecular complexity index is 828. The van der Waals surface area contributed by atoms with Crippen LogP contribution in [0.15, 0.2) is 65.4 Å². The SMILES string of the molecule is O=[N+]([O-])c1cccc(Cc2nccn2Cc2ccc(Br)cc2)c1. The van der Waals surface area contributed by atoms with Gasteiger partial charge in [-0.2, -0.15) is 0 Å². The van der Waals surface area contributed by atoms with E-state index >= 15 is 0 Å². The zero-order valence-electron chi connectivity index (χ0n) is 12.2. The number of non-ortho nitro benzene ring substituents is 1. The molecule has 2 aromatic carbocycles. The smallest absolute Gasteiger partial charge is 0.269 e. The number of nitro groups is 1. The van der Waals surface area contributed by atoms with Gasteiger partial charge in [0.25, 0.3) is 5.69 Å². The Morgan fingerprint density at radius 2 is 1.91 bits per heavy atom. The third-order valence-electron chi connectivity index (χ3n) is 3.55. The van der Waals surface area contributed by atoms with Crippen molar-refractivity contribution in [1.82, 2.24) is 9.55 Å². The van der Waals surface area contributed by atoms with Gasteiger partial charge in [0, 0.05) is 42.0 Å². The second kappa shape index (κ2) is 6.75. The van der Waals surface area contributed by atoms with Crippen molar-refractivity contribution >= 4 is 21.6 Å². The molecule has 1 aromatic heterocycles. The van der Waals surface area contributed by atoms with Gasteiger partial charge < -0.3 is 4.57 Å². The van der Waals surface area contributed by atoms with E-state index in [1.807, 2.05) is 24.4 Å². The number of rotatable bonds is 5. The molecule has 0 aliphatic rings. The van der Waals surface area contributed by atoms with Gasteiger partial charge in [0.1, 0.15) is 5.82 Å². The predicted molar refractivity (Wildman–Crippen MR) is 91.4 cm³/mol. The Morgan fingerprint density at radius 1 is 1.13 bits per heavy atom. The van der Waals surface area contributed by atoms with Crippen LogP contribution < -0.4 is 0 Å². The van der Waals surface area contributed by atoms with Gasteiger partial charge in [-0.15, -0.1) is 0 Å². The van der Waals surface area contributed by atoms with Gasteiger partial charge in [-0.25, -0.2) is 4.98 Å². The quantitative estimate of drug-likeness (QED) is 0.498. The average Bonchev–Trinajstić information content (AvgIpc) is 2.97. The van der Waals surface area contributed by atoms with Crippen LogP contribution in [0.3, 0.4) is 0 Å². The number of nitro benzene ring substituents is 1. The van der Waals surface area contributed by atoms with Crippen LogP contribution in [0.2, 0.25) is 0 Å². The van der Waals surface area contributed by atoms with Crippen molar-refractivity contribution in [2.24, 2.45) is 0 Å². The van der Waals surface area contributed by atoms with E-state index in [-0.39, 0.29) is 10.6 Å². The molecule has 3 rings (SSSR count). The molecule has 0 radical (unpaired) electrons. The first-order chi connectivity index (χ1) is 11.1. The molecule has 0 aliphatic carbocycles. The fourth-order valence-corrected chi connectivity index (χ4v) is 2.66. The molecule has 0 saturated heterocycles. The maximum Gasteiger partial charge on any atom is 0.269 e. The molecule has 3 aromatic rings. The lowest BCUT2D eigenvalue weighted by Crippen LogP contribution is -2.05. The summed E-state index contributed by atoms with van der Waals surface area (Å²) in [5.74, 6) is 0.883. The summed E-state index contributed by atoms with van der Waals surface area (Å²) >= 11 is 3.43. The van der Waals surface area contributed by atoms with Crippen molar-refractivity contribution < 1.29 is 4.92 Å². The Hall–Kier alpha value is -2.47. The molecule has 5 nitrogen and oxygen atoms in total. The summed E-state index contributed by atoms with van der Waals surface area (Å²) in [5.41, 5.74) is 2.16. The van der Waals surface area contributed by atoms with Gasteiger partial charge in [0.05, 0.1) is 4.92 Å². The minimum Gasteiger partial charge on any atom is -0.330 e. The highest BCUT2D eigenvalue weighted by Crippen LogP contribution is 2.17. The molecule has 0 saturated carbocycles. The normalized spacial score (nSPS) is 10.7. The van der Waals surface area contributed by atoms with Crippen LogP contribution in [0.1, 0.15) is 17.0 Å². The van der Waals surface area contributed by atoms with Crippen molar-refractivity contribution in [1.29, 1.82) is 0 Å². The summed E-state index contributed by atoms with van der Waals surface area (Å²) in [4.78, 5) is 14.9. The first-order valence-electron chi connectivity index (χ1n) is 7.09. The molecule has 0 N–H and O–H groups in total. The topological polar surface area (TPSA) is 61.0 Å². The van der Waals surface area contributed by atoms with E-state index in [4.69, 9.17) is 0 Å². The minimum atomic E-state index is -0.377. The molecule has 116 valence electrons. The van der Waals surface area contributed by atoms with Crippen LogP contribution in [-0.2, 0) is 13.0 Å². The third kappa shape index (κ3) is 3.84. The van der Waals surface area contributed by atoms with E-state index in [2.05, 4.69) is 37.6 Å².